The second kappa shape index (κ2) is 2.93. The Morgan fingerprint density at radius 1 is 1.31 bits per heavy atom. The van der Waals surface area contributed by atoms with Gasteiger partial charge in [-0.1, -0.05) is 20.8 Å². The molecule has 2 aliphatic carbocycles. The molecule has 0 aromatic heterocycles. The Kier molecular flexibility index (Phi) is 2.07. The molecule has 2 rings (SSSR count). The molecular formula is C12H16O4. The highest BCUT2D eigenvalue weighted by atomic mass is 16.5. The van der Waals surface area contributed by atoms with E-state index in [0.29, 0.717) is 6.42 Å². The number of hydrogen-bond donors (Lipinski definition) is 0. The Morgan fingerprint density at radius 2 is 1.88 bits per heavy atom. The molecule has 2 saturated carbocycles. The maximum atomic E-state index is 12.0. The molecule has 0 N–H and O–H groups in total. The fraction of sp³-hybridized carbons (Fsp3) is 0.750. The summed E-state index contributed by atoms with van der Waals surface area (Å²) in [5.41, 5.74) is -1.33. The summed E-state index contributed by atoms with van der Waals surface area (Å²) in [7, 11) is 1.32. The molecule has 16 heavy (non-hydrogen) atoms. The normalized spacial score (nSPS) is 40.2. The molecule has 3 atom stereocenters. The van der Waals surface area contributed by atoms with Gasteiger partial charge in [0.25, 0.3) is 0 Å². The first-order chi connectivity index (χ1) is 7.28. The highest BCUT2D eigenvalue weighted by molar-refractivity contribution is 6.43. The van der Waals surface area contributed by atoms with Crippen molar-refractivity contribution in [3.8, 4) is 0 Å². The Hall–Kier alpha value is -1.19. The third kappa shape index (κ3) is 0.931. The zero-order chi connectivity index (χ0) is 12.3. The second-order valence-electron chi connectivity index (χ2n) is 5.48. The number of methoxy groups -OCH3 is 1. The number of esters is 1. The summed E-state index contributed by atoms with van der Waals surface area (Å²) in [6.45, 7) is 5.51. The van der Waals surface area contributed by atoms with Crippen molar-refractivity contribution in [1.29, 1.82) is 0 Å². The molecule has 0 radical (unpaired) electrons. The van der Waals surface area contributed by atoms with Crippen LogP contribution in [0, 0.1) is 22.7 Å². The first-order valence-corrected chi connectivity index (χ1v) is 5.45. The van der Waals surface area contributed by atoms with Crippen molar-refractivity contribution in [2.24, 2.45) is 22.7 Å². The minimum absolute atomic E-state index is 0.312. The molecular weight excluding hydrogens is 208 g/mol. The number of hydrogen-bond acceptors (Lipinski definition) is 4. The fourth-order valence-corrected chi connectivity index (χ4v) is 3.35. The SMILES string of the molecule is COC(=O)C1CC2C(=O)C(=O)C1(C)C2(C)C. The third-order valence-electron chi connectivity index (χ3n) is 4.88. The summed E-state index contributed by atoms with van der Waals surface area (Å²) in [5.74, 6) is -1.88. The van der Waals surface area contributed by atoms with Crippen molar-refractivity contribution < 1.29 is 19.1 Å². The van der Waals surface area contributed by atoms with Crippen molar-refractivity contribution in [3.63, 3.8) is 0 Å². The Balaban J connectivity index is 2.51. The number of carbonyl (C=O) groups excluding carboxylic acids is 3. The minimum Gasteiger partial charge on any atom is -0.469 e. The van der Waals surface area contributed by atoms with Crippen LogP contribution in [0.2, 0.25) is 0 Å². The molecule has 0 aromatic rings. The highest BCUT2D eigenvalue weighted by Gasteiger charge is 2.72. The van der Waals surface area contributed by atoms with Crippen molar-refractivity contribution in [2.45, 2.75) is 27.2 Å². The van der Waals surface area contributed by atoms with Crippen LogP contribution in [-0.2, 0) is 19.1 Å². The van der Waals surface area contributed by atoms with Crippen LogP contribution in [0.1, 0.15) is 27.2 Å². The van der Waals surface area contributed by atoms with Crippen molar-refractivity contribution in [3.05, 3.63) is 0 Å². The summed E-state index contributed by atoms with van der Waals surface area (Å²) in [6.07, 6.45) is 0.445. The van der Waals surface area contributed by atoms with E-state index in [1.165, 1.54) is 7.11 Å². The number of ketones is 2. The van der Waals surface area contributed by atoms with Crippen LogP contribution in [0.4, 0.5) is 0 Å². The van der Waals surface area contributed by atoms with Gasteiger partial charge in [-0.2, -0.15) is 0 Å². The third-order valence-corrected chi connectivity index (χ3v) is 4.88. The first kappa shape index (κ1) is 11.3. The molecule has 2 aliphatic rings. The van der Waals surface area contributed by atoms with Gasteiger partial charge in [0.05, 0.1) is 18.4 Å². The molecule has 2 fully saturated rings. The van der Waals surface area contributed by atoms with Gasteiger partial charge in [0.1, 0.15) is 0 Å². The lowest BCUT2D eigenvalue weighted by Gasteiger charge is -2.34. The topological polar surface area (TPSA) is 60.4 Å². The molecule has 3 unspecified atom stereocenters. The van der Waals surface area contributed by atoms with Gasteiger partial charge in [-0.15, -0.1) is 0 Å². The first-order valence-electron chi connectivity index (χ1n) is 5.45. The van der Waals surface area contributed by atoms with Crippen LogP contribution in [0.3, 0.4) is 0 Å². The van der Waals surface area contributed by atoms with E-state index < -0.39 is 22.5 Å². The van der Waals surface area contributed by atoms with Gasteiger partial charge in [-0.05, 0) is 11.8 Å². The molecule has 4 nitrogen and oxygen atoms in total. The number of ether oxygens (including phenoxy) is 1. The van der Waals surface area contributed by atoms with Crippen LogP contribution in [0.25, 0.3) is 0 Å². The molecule has 2 bridgehead atoms. The minimum atomic E-state index is -0.887. The number of Topliss-reactive ketones (excluding diaryl/α,β-unsaturated/α-hetero) is 2. The van der Waals surface area contributed by atoms with Crippen LogP contribution < -0.4 is 0 Å². The Labute approximate surface area is 94.3 Å². The standard InChI is InChI=1S/C12H16O4/c1-11(2)6-5-7(10(15)16-4)12(11,3)9(14)8(6)13/h6-7H,5H2,1-4H3. The van der Waals surface area contributed by atoms with Crippen LogP contribution >= 0.6 is 0 Å². The van der Waals surface area contributed by atoms with E-state index in [0.717, 1.165) is 0 Å². The fourth-order valence-electron chi connectivity index (χ4n) is 3.35. The van der Waals surface area contributed by atoms with E-state index in [4.69, 9.17) is 4.74 Å². The van der Waals surface area contributed by atoms with Crippen molar-refractivity contribution in [2.75, 3.05) is 7.11 Å². The summed E-state index contributed by atoms with van der Waals surface area (Å²) in [4.78, 5) is 35.4. The lowest BCUT2D eigenvalue weighted by molar-refractivity contribution is -0.157. The Morgan fingerprint density at radius 3 is 2.25 bits per heavy atom. The highest BCUT2D eigenvalue weighted by Crippen LogP contribution is 2.65. The molecule has 0 amide bonds. The maximum Gasteiger partial charge on any atom is 0.309 e. The van der Waals surface area contributed by atoms with E-state index in [9.17, 15) is 14.4 Å². The quantitative estimate of drug-likeness (QED) is 0.492. The summed E-state index contributed by atoms with van der Waals surface area (Å²) >= 11 is 0. The van der Waals surface area contributed by atoms with E-state index in [-0.39, 0.29) is 17.7 Å². The summed E-state index contributed by atoms with van der Waals surface area (Å²) in [6, 6.07) is 0. The predicted octanol–water partition coefficient (Wildman–Crippen LogP) is 0.980. The summed E-state index contributed by atoms with van der Waals surface area (Å²) < 4.78 is 4.73. The van der Waals surface area contributed by atoms with Gasteiger partial charge in [-0.25, -0.2) is 0 Å². The lowest BCUT2D eigenvalue weighted by atomic mass is 9.66. The van der Waals surface area contributed by atoms with E-state index in [1.54, 1.807) is 6.92 Å². The zero-order valence-corrected chi connectivity index (χ0v) is 9.99. The van der Waals surface area contributed by atoms with E-state index in [1.807, 2.05) is 13.8 Å². The second-order valence-corrected chi connectivity index (χ2v) is 5.48. The smallest absolute Gasteiger partial charge is 0.309 e. The molecule has 0 aromatic carbocycles. The zero-order valence-electron chi connectivity index (χ0n) is 9.99. The van der Waals surface area contributed by atoms with Crippen LogP contribution in [0.5, 0.6) is 0 Å². The van der Waals surface area contributed by atoms with Gasteiger partial charge >= 0.3 is 5.97 Å². The average Bonchev–Trinajstić information content (AvgIpc) is 2.51. The molecule has 4 heteroatoms. The van der Waals surface area contributed by atoms with Gasteiger partial charge in [0, 0.05) is 5.92 Å². The van der Waals surface area contributed by atoms with E-state index in [2.05, 4.69) is 0 Å². The van der Waals surface area contributed by atoms with E-state index >= 15 is 0 Å². The van der Waals surface area contributed by atoms with Crippen LogP contribution in [-0.4, -0.2) is 24.6 Å². The molecule has 0 aliphatic heterocycles. The number of carbonyl (C=O) groups is 3. The molecule has 0 spiro atoms. The monoisotopic (exact) mass is 224 g/mol. The molecule has 0 heterocycles. The predicted molar refractivity (Wildman–Crippen MR) is 55.5 cm³/mol. The molecule has 0 saturated heterocycles. The number of fused-ring (bicyclic) bond motifs is 2. The van der Waals surface area contributed by atoms with Gasteiger partial charge in [0.15, 0.2) is 0 Å². The largest absolute Gasteiger partial charge is 0.469 e. The van der Waals surface area contributed by atoms with Crippen molar-refractivity contribution >= 4 is 17.5 Å². The van der Waals surface area contributed by atoms with Crippen LogP contribution in [0.15, 0.2) is 0 Å². The van der Waals surface area contributed by atoms with Gasteiger partial charge in [0.2, 0.25) is 11.6 Å². The maximum absolute atomic E-state index is 12.0. The summed E-state index contributed by atoms with van der Waals surface area (Å²) in [5, 5.41) is 0. The average molecular weight is 224 g/mol. The lowest BCUT2D eigenvalue weighted by Crippen LogP contribution is -2.44. The Bertz CT molecular complexity index is 396. The van der Waals surface area contributed by atoms with Crippen molar-refractivity contribution in [1.82, 2.24) is 0 Å². The van der Waals surface area contributed by atoms with Gasteiger partial charge in [-0.3, -0.25) is 14.4 Å². The number of rotatable bonds is 1. The molecule has 88 valence electrons. The van der Waals surface area contributed by atoms with Gasteiger partial charge < -0.3 is 4.74 Å².